The molecule has 0 radical (unpaired) electrons. The normalized spacial score (nSPS) is 11.7. The summed E-state index contributed by atoms with van der Waals surface area (Å²) >= 11 is 1.86. The Bertz CT molecular complexity index is 2840. The highest BCUT2D eigenvalue weighted by molar-refractivity contribution is 7.26. The van der Waals surface area contributed by atoms with E-state index in [0.29, 0.717) is 0 Å². The summed E-state index contributed by atoms with van der Waals surface area (Å²) in [5.41, 5.74) is 9.80. The van der Waals surface area contributed by atoms with Crippen molar-refractivity contribution < 1.29 is 4.42 Å². The molecule has 0 amide bonds. The maximum atomic E-state index is 6.35. The molecule has 3 heteroatoms. The maximum Gasteiger partial charge on any atom is 0.136 e. The van der Waals surface area contributed by atoms with Crippen LogP contribution in [0.3, 0.4) is 0 Å². The number of para-hydroxylation sites is 1. The molecule has 0 aliphatic carbocycles. The second kappa shape index (κ2) is 11.2. The molecule has 8 aromatic carbocycles. The van der Waals surface area contributed by atoms with E-state index in [-0.39, 0.29) is 0 Å². The average Bonchev–Trinajstić information content (AvgIpc) is 3.74. The predicted octanol–water partition coefficient (Wildman–Crippen LogP) is 13.9. The number of thiophene rings is 1. The highest BCUT2D eigenvalue weighted by Crippen LogP contribution is 2.47. The number of anilines is 3. The highest BCUT2D eigenvalue weighted by atomic mass is 32.1. The van der Waals surface area contributed by atoms with E-state index < -0.39 is 0 Å². The molecule has 0 spiro atoms. The molecule has 0 aliphatic rings. The van der Waals surface area contributed by atoms with Crippen molar-refractivity contribution in [2.45, 2.75) is 0 Å². The Morgan fingerprint density at radius 1 is 0.429 bits per heavy atom. The summed E-state index contributed by atoms with van der Waals surface area (Å²) < 4.78 is 8.92. The second-order valence-corrected chi connectivity index (χ2v) is 13.6. The van der Waals surface area contributed by atoms with Crippen LogP contribution in [-0.2, 0) is 0 Å². The minimum absolute atomic E-state index is 0.895. The van der Waals surface area contributed by atoms with Gasteiger partial charge in [-0.2, -0.15) is 0 Å². The zero-order chi connectivity index (χ0) is 32.3. The highest BCUT2D eigenvalue weighted by Gasteiger charge is 2.21. The topological polar surface area (TPSA) is 16.4 Å². The van der Waals surface area contributed by atoms with Crippen LogP contribution < -0.4 is 4.90 Å². The second-order valence-electron chi connectivity index (χ2n) is 12.5. The van der Waals surface area contributed by atoms with Gasteiger partial charge in [0.15, 0.2) is 0 Å². The van der Waals surface area contributed by atoms with Crippen LogP contribution in [0, 0.1) is 0 Å². The van der Waals surface area contributed by atoms with Gasteiger partial charge in [0.2, 0.25) is 0 Å². The van der Waals surface area contributed by atoms with Crippen molar-refractivity contribution in [3.05, 3.63) is 176 Å². The lowest BCUT2D eigenvalue weighted by Crippen LogP contribution is -2.10. The standard InChI is InChI=1S/C46H29NOS/c1-2-12-30(13-3-1)33-26-34(37-18-11-22-43-45(37)40-17-6-8-21-42(40)48-43)29-36(28-33)47(35-25-24-31-14-4-5-15-32(31)27-35)41-20-10-19-39-38-16-7-9-23-44(38)49-46(39)41/h1-29H. The fraction of sp³-hybridized carbons (Fsp3) is 0. The van der Waals surface area contributed by atoms with Crippen LogP contribution in [0.15, 0.2) is 180 Å². The van der Waals surface area contributed by atoms with Gasteiger partial charge in [-0.1, -0.05) is 121 Å². The first-order chi connectivity index (χ1) is 24.3. The van der Waals surface area contributed by atoms with Gasteiger partial charge in [0.05, 0.1) is 10.4 Å². The summed E-state index contributed by atoms with van der Waals surface area (Å²) in [7, 11) is 0. The van der Waals surface area contributed by atoms with E-state index in [1.807, 2.05) is 17.4 Å². The molecule has 0 saturated carbocycles. The summed E-state index contributed by atoms with van der Waals surface area (Å²) in [6.45, 7) is 0. The minimum Gasteiger partial charge on any atom is -0.456 e. The third-order valence-corrected chi connectivity index (χ3v) is 10.8. The summed E-state index contributed by atoms with van der Waals surface area (Å²) in [5.74, 6) is 0. The third kappa shape index (κ3) is 4.62. The van der Waals surface area contributed by atoms with Crippen molar-refractivity contribution in [2.75, 3.05) is 4.90 Å². The average molecular weight is 644 g/mol. The van der Waals surface area contributed by atoms with Crippen LogP contribution in [0.2, 0.25) is 0 Å². The SMILES string of the molecule is c1ccc(-c2cc(-c3cccc4oc5ccccc5c34)cc(N(c3ccc4ccccc4c3)c3cccc4c3sc3ccccc34)c2)cc1. The molecule has 2 aromatic heterocycles. The van der Waals surface area contributed by atoms with Gasteiger partial charge in [-0.3, -0.25) is 0 Å². The number of benzene rings is 8. The first kappa shape index (κ1) is 27.9. The molecule has 2 heterocycles. The predicted molar refractivity (Wildman–Crippen MR) is 210 cm³/mol. The van der Waals surface area contributed by atoms with E-state index in [2.05, 4.69) is 175 Å². The van der Waals surface area contributed by atoms with Crippen LogP contribution in [0.4, 0.5) is 17.1 Å². The van der Waals surface area contributed by atoms with Crippen molar-refractivity contribution in [1.82, 2.24) is 0 Å². The van der Waals surface area contributed by atoms with E-state index in [9.17, 15) is 0 Å². The van der Waals surface area contributed by atoms with Crippen LogP contribution in [0.5, 0.6) is 0 Å². The van der Waals surface area contributed by atoms with E-state index >= 15 is 0 Å². The van der Waals surface area contributed by atoms with Gasteiger partial charge in [0.1, 0.15) is 11.2 Å². The molecule has 0 aliphatic heterocycles. The molecule has 0 fully saturated rings. The number of hydrogen-bond donors (Lipinski definition) is 0. The molecule has 0 saturated heterocycles. The summed E-state index contributed by atoms with van der Waals surface area (Å²) in [5, 5.41) is 7.27. The minimum atomic E-state index is 0.895. The fourth-order valence-corrected chi connectivity index (χ4v) is 8.57. The Morgan fingerprint density at radius 2 is 1.14 bits per heavy atom. The molecule has 0 unspecified atom stereocenters. The molecule has 49 heavy (non-hydrogen) atoms. The number of furan rings is 1. The van der Waals surface area contributed by atoms with Gasteiger partial charge in [0.25, 0.3) is 0 Å². The maximum absolute atomic E-state index is 6.35. The lowest BCUT2D eigenvalue weighted by atomic mass is 9.94. The summed E-state index contributed by atoms with van der Waals surface area (Å²) in [6.07, 6.45) is 0. The van der Waals surface area contributed by atoms with E-state index in [1.165, 1.54) is 36.5 Å². The van der Waals surface area contributed by atoms with Crippen molar-refractivity contribution in [1.29, 1.82) is 0 Å². The molecular weight excluding hydrogens is 615 g/mol. The summed E-state index contributed by atoms with van der Waals surface area (Å²) in [6, 6.07) is 63.4. The van der Waals surface area contributed by atoms with E-state index in [0.717, 1.165) is 55.7 Å². The lowest BCUT2D eigenvalue weighted by molar-refractivity contribution is 0.669. The molecule has 0 bridgehead atoms. The largest absolute Gasteiger partial charge is 0.456 e. The zero-order valence-electron chi connectivity index (χ0n) is 26.5. The zero-order valence-corrected chi connectivity index (χ0v) is 27.3. The van der Waals surface area contributed by atoms with Crippen LogP contribution in [0.1, 0.15) is 0 Å². The number of hydrogen-bond acceptors (Lipinski definition) is 3. The number of rotatable bonds is 5. The van der Waals surface area contributed by atoms with Gasteiger partial charge >= 0.3 is 0 Å². The van der Waals surface area contributed by atoms with Gasteiger partial charge in [0, 0.05) is 37.6 Å². The number of fused-ring (bicyclic) bond motifs is 7. The monoisotopic (exact) mass is 643 g/mol. The molecule has 2 nitrogen and oxygen atoms in total. The molecule has 10 rings (SSSR count). The van der Waals surface area contributed by atoms with Gasteiger partial charge in [-0.15, -0.1) is 11.3 Å². The molecule has 0 N–H and O–H groups in total. The van der Waals surface area contributed by atoms with Crippen LogP contribution in [0.25, 0.3) is 75.1 Å². The summed E-state index contributed by atoms with van der Waals surface area (Å²) in [4.78, 5) is 2.45. The first-order valence-electron chi connectivity index (χ1n) is 16.6. The van der Waals surface area contributed by atoms with Crippen molar-refractivity contribution in [2.24, 2.45) is 0 Å². The first-order valence-corrected chi connectivity index (χ1v) is 17.4. The Hall–Kier alpha value is -6.16. The van der Waals surface area contributed by atoms with Gasteiger partial charge < -0.3 is 9.32 Å². The fourth-order valence-electron chi connectivity index (χ4n) is 7.36. The molecular formula is C46H29NOS. The van der Waals surface area contributed by atoms with Gasteiger partial charge in [-0.05, 0) is 87.6 Å². The van der Waals surface area contributed by atoms with E-state index in [4.69, 9.17) is 4.42 Å². The van der Waals surface area contributed by atoms with Gasteiger partial charge in [-0.25, -0.2) is 0 Å². The van der Waals surface area contributed by atoms with Crippen molar-refractivity contribution >= 4 is 81.3 Å². The van der Waals surface area contributed by atoms with Crippen LogP contribution in [-0.4, -0.2) is 0 Å². The Kier molecular flexibility index (Phi) is 6.39. The quantitative estimate of drug-likeness (QED) is 0.186. The molecule has 0 atom stereocenters. The third-order valence-electron chi connectivity index (χ3n) is 9.61. The molecule has 230 valence electrons. The van der Waals surface area contributed by atoms with E-state index in [1.54, 1.807) is 0 Å². The van der Waals surface area contributed by atoms with Crippen molar-refractivity contribution in [3.63, 3.8) is 0 Å². The van der Waals surface area contributed by atoms with Crippen molar-refractivity contribution in [3.8, 4) is 22.3 Å². The van der Waals surface area contributed by atoms with Crippen LogP contribution >= 0.6 is 11.3 Å². The molecule has 10 aromatic rings. The Labute approximate surface area is 287 Å². The lowest BCUT2D eigenvalue weighted by Gasteiger charge is -2.28. The Balaban J connectivity index is 1.29. The smallest absolute Gasteiger partial charge is 0.136 e. The number of nitrogens with zero attached hydrogens (tertiary/aromatic N) is 1. The Morgan fingerprint density at radius 3 is 2.06 bits per heavy atom.